The molecule has 3 saturated heterocycles. The summed E-state index contributed by atoms with van der Waals surface area (Å²) in [6, 6.07) is 0.333. The molecule has 6 nitrogen and oxygen atoms in total. The third kappa shape index (κ3) is 3.79. The lowest BCUT2D eigenvalue weighted by Crippen LogP contribution is -2.53. The third-order valence-corrected chi connectivity index (χ3v) is 5.13. The number of carbonyl (C=O) groups is 1. The van der Waals surface area contributed by atoms with Gasteiger partial charge in [-0.1, -0.05) is 0 Å². The number of likely N-dealkylation sites (tertiary alicyclic amines) is 1. The van der Waals surface area contributed by atoms with Crippen LogP contribution < -0.4 is 5.73 Å². The Morgan fingerprint density at radius 1 is 1.09 bits per heavy atom. The van der Waals surface area contributed by atoms with Crippen molar-refractivity contribution in [3.05, 3.63) is 0 Å². The molecule has 3 aliphatic rings. The Balaban J connectivity index is 1.58. The molecule has 0 radical (unpaired) electrons. The number of rotatable bonds is 4. The number of morpholine rings is 1. The molecule has 3 rings (SSSR count). The topological polar surface area (TPSA) is 68.0 Å². The fraction of sp³-hybridized carbons (Fsp3) is 0.938. The second-order valence-electron chi connectivity index (χ2n) is 6.65. The van der Waals surface area contributed by atoms with Crippen LogP contribution in [0.5, 0.6) is 0 Å². The Morgan fingerprint density at radius 2 is 1.91 bits per heavy atom. The lowest BCUT2D eigenvalue weighted by Gasteiger charge is -2.40. The van der Waals surface area contributed by atoms with E-state index in [9.17, 15) is 4.79 Å². The van der Waals surface area contributed by atoms with Crippen molar-refractivity contribution in [1.82, 2.24) is 9.80 Å². The smallest absolute Gasteiger partial charge is 0.252 e. The Morgan fingerprint density at radius 3 is 2.64 bits per heavy atom. The lowest BCUT2D eigenvalue weighted by atomic mass is 10.00. The maximum absolute atomic E-state index is 12.8. The maximum Gasteiger partial charge on any atom is 0.252 e. The molecule has 0 spiro atoms. The van der Waals surface area contributed by atoms with Crippen LogP contribution in [0.2, 0.25) is 0 Å². The predicted molar refractivity (Wildman–Crippen MR) is 83.6 cm³/mol. The van der Waals surface area contributed by atoms with Crippen LogP contribution in [0.4, 0.5) is 0 Å². The molecule has 3 fully saturated rings. The average molecular weight is 311 g/mol. The van der Waals surface area contributed by atoms with Gasteiger partial charge < -0.3 is 20.1 Å². The lowest BCUT2D eigenvalue weighted by molar-refractivity contribution is -0.147. The Hall–Kier alpha value is -0.690. The number of amides is 1. The van der Waals surface area contributed by atoms with Gasteiger partial charge in [-0.3, -0.25) is 9.69 Å². The van der Waals surface area contributed by atoms with Crippen molar-refractivity contribution < 1.29 is 14.3 Å². The second kappa shape index (κ2) is 7.73. The zero-order chi connectivity index (χ0) is 15.4. The van der Waals surface area contributed by atoms with Gasteiger partial charge in [0.2, 0.25) is 0 Å². The standard InChI is InChI=1S/C16H29N3O3/c17-11-14-4-5-15(22-14)16(20)19-6-2-1-3-13(19)12-18-7-9-21-10-8-18/h13-15H,1-12,17H2/t13?,14-,15+/m1/s1. The summed E-state index contributed by atoms with van der Waals surface area (Å²) in [5.74, 6) is 0.189. The number of piperidine rings is 1. The van der Waals surface area contributed by atoms with Crippen LogP contribution in [0.15, 0.2) is 0 Å². The molecule has 1 unspecified atom stereocenters. The van der Waals surface area contributed by atoms with Gasteiger partial charge in [-0.15, -0.1) is 0 Å². The minimum Gasteiger partial charge on any atom is -0.379 e. The summed E-state index contributed by atoms with van der Waals surface area (Å²) >= 11 is 0. The van der Waals surface area contributed by atoms with Gasteiger partial charge in [-0.2, -0.15) is 0 Å². The molecule has 0 aromatic rings. The molecule has 0 bridgehead atoms. The van der Waals surface area contributed by atoms with E-state index < -0.39 is 0 Å². The van der Waals surface area contributed by atoms with Crippen molar-refractivity contribution in [3.63, 3.8) is 0 Å². The highest BCUT2D eigenvalue weighted by Crippen LogP contribution is 2.25. The van der Waals surface area contributed by atoms with Gasteiger partial charge in [-0.05, 0) is 32.1 Å². The van der Waals surface area contributed by atoms with Crippen molar-refractivity contribution in [2.75, 3.05) is 45.9 Å². The number of hydrogen-bond acceptors (Lipinski definition) is 5. The van der Waals surface area contributed by atoms with E-state index in [1.807, 2.05) is 0 Å². The third-order valence-electron chi connectivity index (χ3n) is 5.13. The molecular weight excluding hydrogens is 282 g/mol. The summed E-state index contributed by atoms with van der Waals surface area (Å²) in [6.07, 6.45) is 4.97. The molecule has 1 amide bonds. The summed E-state index contributed by atoms with van der Waals surface area (Å²) in [5, 5.41) is 0. The first-order valence-electron chi connectivity index (χ1n) is 8.74. The summed E-state index contributed by atoms with van der Waals surface area (Å²) in [7, 11) is 0. The van der Waals surface area contributed by atoms with Crippen molar-refractivity contribution in [1.29, 1.82) is 0 Å². The molecule has 22 heavy (non-hydrogen) atoms. The largest absolute Gasteiger partial charge is 0.379 e. The molecule has 3 heterocycles. The molecule has 3 aliphatic heterocycles. The molecule has 126 valence electrons. The van der Waals surface area contributed by atoms with Crippen LogP contribution in [-0.2, 0) is 14.3 Å². The number of ether oxygens (including phenoxy) is 2. The fourth-order valence-corrected chi connectivity index (χ4v) is 3.81. The molecule has 0 aromatic carbocycles. The number of carbonyl (C=O) groups excluding carboxylic acids is 1. The first-order chi connectivity index (χ1) is 10.8. The molecule has 0 aliphatic carbocycles. The van der Waals surface area contributed by atoms with Gasteiger partial charge in [0.25, 0.3) is 5.91 Å². The van der Waals surface area contributed by atoms with Crippen molar-refractivity contribution >= 4 is 5.91 Å². The summed E-state index contributed by atoms with van der Waals surface area (Å²) < 4.78 is 11.2. The molecule has 0 aromatic heterocycles. The van der Waals surface area contributed by atoms with E-state index in [0.29, 0.717) is 12.6 Å². The Bertz CT molecular complexity index is 374. The SMILES string of the molecule is NC[C@H]1CC[C@@H](C(=O)N2CCCCC2CN2CCOCC2)O1. The highest BCUT2D eigenvalue weighted by molar-refractivity contribution is 5.81. The van der Waals surface area contributed by atoms with Crippen LogP contribution in [0.1, 0.15) is 32.1 Å². The Kier molecular flexibility index (Phi) is 5.68. The van der Waals surface area contributed by atoms with E-state index in [4.69, 9.17) is 15.2 Å². The highest BCUT2D eigenvalue weighted by Gasteiger charge is 2.37. The monoisotopic (exact) mass is 311 g/mol. The molecule has 2 N–H and O–H groups in total. The van der Waals surface area contributed by atoms with Gasteiger partial charge in [0.15, 0.2) is 0 Å². The number of hydrogen-bond donors (Lipinski definition) is 1. The fourth-order valence-electron chi connectivity index (χ4n) is 3.81. The average Bonchev–Trinajstić information content (AvgIpc) is 3.05. The molecule has 6 heteroatoms. The van der Waals surface area contributed by atoms with Crippen LogP contribution in [0.3, 0.4) is 0 Å². The molecule has 0 saturated carbocycles. The van der Waals surface area contributed by atoms with Crippen LogP contribution in [-0.4, -0.2) is 79.9 Å². The molecule has 3 atom stereocenters. The van der Waals surface area contributed by atoms with Gasteiger partial charge in [0.1, 0.15) is 6.10 Å². The maximum atomic E-state index is 12.8. The van der Waals surface area contributed by atoms with E-state index >= 15 is 0 Å². The number of nitrogens with zero attached hydrogens (tertiary/aromatic N) is 2. The van der Waals surface area contributed by atoms with E-state index in [0.717, 1.165) is 65.1 Å². The first kappa shape index (κ1) is 16.2. The van der Waals surface area contributed by atoms with E-state index in [1.54, 1.807) is 0 Å². The first-order valence-corrected chi connectivity index (χ1v) is 8.74. The van der Waals surface area contributed by atoms with E-state index in [-0.39, 0.29) is 18.1 Å². The van der Waals surface area contributed by atoms with Gasteiger partial charge in [-0.25, -0.2) is 0 Å². The summed E-state index contributed by atoms with van der Waals surface area (Å²) in [6.45, 7) is 5.95. The Labute approximate surface area is 132 Å². The van der Waals surface area contributed by atoms with Gasteiger partial charge >= 0.3 is 0 Å². The highest BCUT2D eigenvalue weighted by atomic mass is 16.5. The minimum absolute atomic E-state index is 0.0661. The van der Waals surface area contributed by atoms with Crippen LogP contribution in [0, 0.1) is 0 Å². The summed E-state index contributed by atoms with van der Waals surface area (Å²) in [5.41, 5.74) is 5.66. The normalized spacial score (nSPS) is 34.0. The quantitative estimate of drug-likeness (QED) is 0.804. The number of nitrogens with two attached hydrogens (primary N) is 1. The van der Waals surface area contributed by atoms with Crippen molar-refractivity contribution in [2.24, 2.45) is 5.73 Å². The zero-order valence-corrected chi connectivity index (χ0v) is 13.4. The van der Waals surface area contributed by atoms with Gasteiger partial charge in [0.05, 0.1) is 19.3 Å². The zero-order valence-electron chi connectivity index (χ0n) is 13.4. The van der Waals surface area contributed by atoms with Crippen molar-refractivity contribution in [3.8, 4) is 0 Å². The predicted octanol–water partition coefficient (Wildman–Crippen LogP) is 0.206. The van der Waals surface area contributed by atoms with E-state index in [2.05, 4.69) is 9.80 Å². The van der Waals surface area contributed by atoms with Crippen LogP contribution in [0.25, 0.3) is 0 Å². The molecular formula is C16H29N3O3. The van der Waals surface area contributed by atoms with Crippen LogP contribution >= 0.6 is 0 Å². The second-order valence-corrected chi connectivity index (χ2v) is 6.65. The summed E-state index contributed by atoms with van der Waals surface area (Å²) in [4.78, 5) is 17.3. The van der Waals surface area contributed by atoms with Crippen molar-refractivity contribution in [2.45, 2.75) is 50.4 Å². The minimum atomic E-state index is -0.265. The van der Waals surface area contributed by atoms with Gasteiger partial charge in [0, 0.05) is 38.8 Å². The van der Waals surface area contributed by atoms with E-state index in [1.165, 1.54) is 6.42 Å².